The summed E-state index contributed by atoms with van der Waals surface area (Å²) in [5.41, 5.74) is 6.31. The maximum Gasteiger partial charge on any atom is 0.225 e. The Bertz CT molecular complexity index is 504. The predicted molar refractivity (Wildman–Crippen MR) is 87.3 cm³/mol. The highest BCUT2D eigenvalue weighted by Gasteiger charge is 2.41. The normalized spacial score (nSPS) is 32.0. The fraction of sp³-hybridized carbons (Fsp3) is 0.688. The van der Waals surface area contributed by atoms with Gasteiger partial charge in [-0.25, -0.2) is 0 Å². The number of hydrogen-bond donors (Lipinski definition) is 1. The van der Waals surface area contributed by atoms with Crippen molar-refractivity contribution in [2.45, 2.75) is 44.7 Å². The lowest BCUT2D eigenvalue weighted by Gasteiger charge is -2.44. The van der Waals surface area contributed by atoms with Crippen molar-refractivity contribution in [2.24, 2.45) is 23.5 Å². The van der Waals surface area contributed by atoms with Crippen LogP contribution in [0.15, 0.2) is 12.1 Å². The van der Waals surface area contributed by atoms with Crippen molar-refractivity contribution < 1.29 is 4.79 Å². The molecule has 0 aliphatic heterocycles. The average Bonchev–Trinajstić information content (AvgIpc) is 2.83. The van der Waals surface area contributed by atoms with E-state index in [-0.39, 0.29) is 11.8 Å². The zero-order valence-corrected chi connectivity index (χ0v) is 14.0. The van der Waals surface area contributed by atoms with Crippen molar-refractivity contribution in [3.63, 3.8) is 0 Å². The molecular weight excluding hydrogens is 304 g/mol. The lowest BCUT2D eigenvalue weighted by Crippen LogP contribution is -2.49. The van der Waals surface area contributed by atoms with E-state index in [2.05, 4.69) is 0 Å². The number of halogens is 1. The van der Waals surface area contributed by atoms with Crippen molar-refractivity contribution >= 4 is 28.8 Å². The molecule has 2 unspecified atom stereocenters. The molecule has 116 valence electrons. The van der Waals surface area contributed by atoms with Gasteiger partial charge in [0.15, 0.2) is 0 Å². The molecule has 2 aliphatic carbocycles. The molecule has 0 spiro atoms. The maximum atomic E-state index is 12.7. The van der Waals surface area contributed by atoms with Crippen LogP contribution >= 0.6 is 22.9 Å². The molecule has 1 aromatic heterocycles. The summed E-state index contributed by atoms with van der Waals surface area (Å²) in [6, 6.07) is 4.22. The first-order valence-electron chi connectivity index (χ1n) is 7.79. The van der Waals surface area contributed by atoms with Gasteiger partial charge in [-0.1, -0.05) is 18.0 Å². The Morgan fingerprint density at radius 1 is 1.38 bits per heavy atom. The molecule has 2 N–H and O–H groups in total. The van der Waals surface area contributed by atoms with E-state index in [9.17, 15) is 4.79 Å². The van der Waals surface area contributed by atoms with Crippen LogP contribution in [0, 0.1) is 17.8 Å². The summed E-state index contributed by atoms with van der Waals surface area (Å²) in [5, 5.41) is 0. The van der Waals surface area contributed by atoms with E-state index in [0.717, 1.165) is 22.1 Å². The summed E-state index contributed by atoms with van der Waals surface area (Å²) in [6.45, 7) is 0.661. The third kappa shape index (κ3) is 3.27. The summed E-state index contributed by atoms with van der Waals surface area (Å²) in [6.07, 6.45) is 5.64. The molecule has 1 amide bonds. The molecule has 2 fully saturated rings. The van der Waals surface area contributed by atoms with Gasteiger partial charge in [0.1, 0.15) is 0 Å². The highest BCUT2D eigenvalue weighted by molar-refractivity contribution is 7.16. The van der Waals surface area contributed by atoms with Crippen LogP contribution in [0.25, 0.3) is 0 Å². The summed E-state index contributed by atoms with van der Waals surface area (Å²) < 4.78 is 0.782. The Morgan fingerprint density at radius 2 is 2.05 bits per heavy atom. The zero-order chi connectivity index (χ0) is 15.0. The number of nitrogens with two attached hydrogens (primary N) is 1. The molecule has 2 saturated carbocycles. The second kappa shape index (κ2) is 6.27. The van der Waals surface area contributed by atoms with Gasteiger partial charge in [0.05, 0.1) is 10.9 Å². The van der Waals surface area contributed by atoms with E-state index in [0.29, 0.717) is 24.4 Å². The Hall–Kier alpha value is -0.580. The summed E-state index contributed by atoms with van der Waals surface area (Å²) >= 11 is 7.50. The van der Waals surface area contributed by atoms with Crippen molar-refractivity contribution in [2.75, 3.05) is 7.05 Å². The quantitative estimate of drug-likeness (QED) is 0.923. The Morgan fingerprint density at radius 3 is 2.62 bits per heavy atom. The third-order valence-electron chi connectivity index (χ3n) is 5.16. The monoisotopic (exact) mass is 326 g/mol. The summed E-state index contributed by atoms with van der Waals surface area (Å²) in [7, 11) is 1.90. The smallest absolute Gasteiger partial charge is 0.225 e. The number of rotatable bonds is 3. The lowest BCUT2D eigenvalue weighted by atomic mass is 9.65. The largest absolute Gasteiger partial charge is 0.340 e. The highest BCUT2D eigenvalue weighted by Crippen LogP contribution is 2.42. The lowest BCUT2D eigenvalue weighted by molar-refractivity contribution is -0.137. The van der Waals surface area contributed by atoms with Gasteiger partial charge in [-0.15, -0.1) is 11.3 Å². The molecule has 3 nitrogen and oxygen atoms in total. The number of fused-ring (bicyclic) bond motifs is 2. The molecule has 21 heavy (non-hydrogen) atoms. The molecular formula is C16H23ClN2OS. The molecule has 0 saturated heterocycles. The van der Waals surface area contributed by atoms with Crippen LogP contribution in [0.4, 0.5) is 0 Å². The standard InChI is InChI=1S/C16H23ClN2OS/c1-19(9-13-5-6-14(17)21-13)16(20)12-7-10-3-2-4-11(8-12)15(10)18/h5-6,10-12,15H,2-4,7-9,18H2,1H3. The Labute approximate surface area is 135 Å². The van der Waals surface area contributed by atoms with E-state index >= 15 is 0 Å². The van der Waals surface area contributed by atoms with E-state index in [1.807, 2.05) is 24.1 Å². The van der Waals surface area contributed by atoms with E-state index in [4.69, 9.17) is 17.3 Å². The molecule has 1 heterocycles. The van der Waals surface area contributed by atoms with Crippen LogP contribution in [0.1, 0.15) is 37.0 Å². The van der Waals surface area contributed by atoms with E-state index < -0.39 is 0 Å². The molecule has 1 aromatic rings. The Balaban J connectivity index is 1.62. The minimum atomic E-state index is 0.167. The van der Waals surface area contributed by atoms with Gasteiger partial charge in [-0.05, 0) is 49.7 Å². The molecule has 0 aromatic carbocycles. The van der Waals surface area contributed by atoms with Crippen molar-refractivity contribution in [1.29, 1.82) is 0 Å². The van der Waals surface area contributed by atoms with Crippen LogP contribution < -0.4 is 5.73 Å². The number of carbonyl (C=O) groups excluding carboxylic acids is 1. The van der Waals surface area contributed by atoms with Crippen LogP contribution in [-0.4, -0.2) is 23.9 Å². The number of hydrogen-bond acceptors (Lipinski definition) is 3. The first-order chi connectivity index (χ1) is 10.0. The fourth-order valence-electron chi connectivity index (χ4n) is 4.05. The number of nitrogens with zero attached hydrogens (tertiary/aromatic N) is 1. The minimum Gasteiger partial charge on any atom is -0.340 e. The van der Waals surface area contributed by atoms with Gasteiger partial charge in [-0.3, -0.25) is 4.79 Å². The van der Waals surface area contributed by atoms with Crippen molar-refractivity contribution in [3.05, 3.63) is 21.3 Å². The minimum absolute atomic E-state index is 0.167. The highest BCUT2D eigenvalue weighted by atomic mass is 35.5. The van der Waals surface area contributed by atoms with Crippen LogP contribution in [-0.2, 0) is 11.3 Å². The number of amides is 1. The molecule has 2 aliphatic rings. The van der Waals surface area contributed by atoms with Gasteiger partial charge in [-0.2, -0.15) is 0 Å². The molecule has 3 rings (SSSR count). The third-order valence-corrected chi connectivity index (χ3v) is 6.38. The second-order valence-corrected chi connectivity index (χ2v) is 8.40. The second-order valence-electron chi connectivity index (χ2n) is 6.60. The van der Waals surface area contributed by atoms with Gasteiger partial charge in [0.25, 0.3) is 0 Å². The number of carbonyl (C=O) groups is 1. The first-order valence-corrected chi connectivity index (χ1v) is 8.99. The maximum absolute atomic E-state index is 12.7. The molecule has 0 radical (unpaired) electrons. The predicted octanol–water partition coefficient (Wildman–Crippen LogP) is 3.51. The van der Waals surface area contributed by atoms with Crippen molar-refractivity contribution in [3.8, 4) is 0 Å². The first kappa shape index (κ1) is 15.3. The van der Waals surface area contributed by atoms with Gasteiger partial charge >= 0.3 is 0 Å². The van der Waals surface area contributed by atoms with Gasteiger partial charge in [0.2, 0.25) is 5.91 Å². The van der Waals surface area contributed by atoms with Crippen molar-refractivity contribution in [1.82, 2.24) is 4.90 Å². The van der Waals surface area contributed by atoms with E-state index in [1.54, 1.807) is 11.3 Å². The van der Waals surface area contributed by atoms with Crippen LogP contribution in [0.3, 0.4) is 0 Å². The zero-order valence-electron chi connectivity index (χ0n) is 12.4. The van der Waals surface area contributed by atoms with Gasteiger partial charge < -0.3 is 10.6 Å². The molecule has 2 atom stereocenters. The Kier molecular flexibility index (Phi) is 4.57. The summed E-state index contributed by atoms with van der Waals surface area (Å²) in [4.78, 5) is 15.7. The topological polar surface area (TPSA) is 46.3 Å². The fourth-order valence-corrected chi connectivity index (χ4v) is 5.19. The van der Waals surface area contributed by atoms with E-state index in [1.165, 1.54) is 19.3 Å². The molecule has 2 bridgehead atoms. The summed E-state index contributed by atoms with van der Waals surface area (Å²) in [5.74, 6) is 1.55. The average molecular weight is 327 g/mol. The van der Waals surface area contributed by atoms with Crippen LogP contribution in [0.2, 0.25) is 4.34 Å². The van der Waals surface area contributed by atoms with Gasteiger partial charge in [0, 0.05) is 23.9 Å². The SMILES string of the molecule is CN(Cc1ccc(Cl)s1)C(=O)C1CC2CCCC(C1)C2N. The number of thiophene rings is 1. The van der Waals surface area contributed by atoms with Crippen LogP contribution in [0.5, 0.6) is 0 Å². The molecule has 5 heteroatoms.